The van der Waals surface area contributed by atoms with E-state index in [4.69, 9.17) is 4.74 Å². The van der Waals surface area contributed by atoms with Gasteiger partial charge in [0, 0.05) is 16.1 Å². The molecule has 0 saturated heterocycles. The first kappa shape index (κ1) is 13.9. The Labute approximate surface area is 118 Å². The largest absolute Gasteiger partial charge is 0.496 e. The number of hydrogen-bond acceptors (Lipinski definition) is 2. The van der Waals surface area contributed by atoms with Crippen molar-refractivity contribution < 1.29 is 4.74 Å². The van der Waals surface area contributed by atoms with Gasteiger partial charge in [-0.05, 0) is 43.5 Å². The second kappa shape index (κ2) is 6.07. The zero-order chi connectivity index (χ0) is 13.1. The molecule has 1 N–H and O–H groups in total. The third-order valence-corrected chi connectivity index (χ3v) is 4.46. The van der Waals surface area contributed by atoms with E-state index in [1.165, 1.54) is 30.4 Å². The molecule has 0 aromatic heterocycles. The minimum atomic E-state index is 0.411. The van der Waals surface area contributed by atoms with Crippen LogP contribution in [0.3, 0.4) is 0 Å². The van der Waals surface area contributed by atoms with Gasteiger partial charge >= 0.3 is 0 Å². The fourth-order valence-corrected chi connectivity index (χ4v) is 2.73. The molecule has 2 nitrogen and oxygen atoms in total. The minimum Gasteiger partial charge on any atom is -0.496 e. The van der Waals surface area contributed by atoms with Gasteiger partial charge in [0.2, 0.25) is 0 Å². The number of benzene rings is 1. The third-order valence-electron chi connectivity index (χ3n) is 3.60. The smallest absolute Gasteiger partial charge is 0.123 e. The summed E-state index contributed by atoms with van der Waals surface area (Å²) in [5.74, 6) is 1.90. The van der Waals surface area contributed by atoms with Crippen molar-refractivity contribution in [2.45, 2.75) is 39.2 Å². The maximum atomic E-state index is 5.55. The van der Waals surface area contributed by atoms with Crippen molar-refractivity contribution in [3.05, 3.63) is 27.7 Å². The van der Waals surface area contributed by atoms with E-state index in [9.17, 15) is 0 Å². The van der Waals surface area contributed by atoms with Crippen LogP contribution < -0.4 is 10.1 Å². The van der Waals surface area contributed by atoms with Gasteiger partial charge in [0.25, 0.3) is 0 Å². The van der Waals surface area contributed by atoms with Crippen LogP contribution >= 0.6 is 15.9 Å². The molecular weight excluding hydrogens is 290 g/mol. The molecule has 1 fully saturated rings. The highest BCUT2D eigenvalue weighted by atomic mass is 79.9. The van der Waals surface area contributed by atoms with Crippen molar-refractivity contribution in [1.82, 2.24) is 5.32 Å². The monoisotopic (exact) mass is 311 g/mol. The second-order valence-electron chi connectivity index (χ2n) is 5.13. The van der Waals surface area contributed by atoms with Gasteiger partial charge in [-0.3, -0.25) is 0 Å². The molecule has 1 aliphatic carbocycles. The van der Waals surface area contributed by atoms with Gasteiger partial charge in [0.05, 0.1) is 7.11 Å². The average molecular weight is 312 g/mol. The van der Waals surface area contributed by atoms with E-state index in [2.05, 4.69) is 47.2 Å². The molecule has 1 aromatic rings. The molecule has 0 spiro atoms. The predicted molar refractivity (Wildman–Crippen MR) is 79.2 cm³/mol. The van der Waals surface area contributed by atoms with Gasteiger partial charge in [0.15, 0.2) is 0 Å². The highest BCUT2D eigenvalue weighted by Crippen LogP contribution is 2.40. The van der Waals surface area contributed by atoms with Crippen molar-refractivity contribution >= 4 is 15.9 Å². The molecule has 1 atom stereocenters. The van der Waals surface area contributed by atoms with E-state index in [0.717, 1.165) is 22.7 Å². The Morgan fingerprint density at radius 3 is 2.72 bits per heavy atom. The topological polar surface area (TPSA) is 21.3 Å². The van der Waals surface area contributed by atoms with Crippen LogP contribution in [0.4, 0.5) is 0 Å². The molecule has 2 rings (SSSR count). The third kappa shape index (κ3) is 3.27. The molecule has 18 heavy (non-hydrogen) atoms. The minimum absolute atomic E-state index is 0.411. The molecule has 1 unspecified atom stereocenters. The molecule has 1 aromatic carbocycles. The van der Waals surface area contributed by atoms with E-state index < -0.39 is 0 Å². The van der Waals surface area contributed by atoms with E-state index >= 15 is 0 Å². The Morgan fingerprint density at radius 1 is 1.44 bits per heavy atom. The number of halogens is 1. The van der Waals surface area contributed by atoms with Gasteiger partial charge in [-0.15, -0.1) is 0 Å². The summed E-state index contributed by atoms with van der Waals surface area (Å²) < 4.78 is 6.71. The van der Waals surface area contributed by atoms with E-state index in [1.54, 1.807) is 7.11 Å². The summed E-state index contributed by atoms with van der Waals surface area (Å²) in [4.78, 5) is 0. The summed E-state index contributed by atoms with van der Waals surface area (Å²) in [7, 11) is 1.76. The first-order valence-corrected chi connectivity index (χ1v) is 7.52. The molecule has 0 aliphatic heterocycles. The summed E-state index contributed by atoms with van der Waals surface area (Å²) >= 11 is 3.63. The number of aryl methyl sites for hydroxylation is 1. The molecule has 1 saturated carbocycles. The predicted octanol–water partition coefficient (Wildman–Crippen LogP) is 4.22. The van der Waals surface area contributed by atoms with Crippen molar-refractivity contribution in [2.24, 2.45) is 5.92 Å². The van der Waals surface area contributed by atoms with Crippen LogP contribution in [0.2, 0.25) is 0 Å². The molecule has 0 heterocycles. The zero-order valence-corrected chi connectivity index (χ0v) is 13.0. The normalized spacial score (nSPS) is 16.7. The average Bonchev–Trinajstić information content (AvgIpc) is 3.15. The SMILES string of the molecule is CCNC(CC1CC1)c1cc(Br)c(C)cc1OC. The van der Waals surface area contributed by atoms with Crippen LogP contribution in [0.1, 0.15) is 43.4 Å². The first-order valence-electron chi connectivity index (χ1n) is 6.73. The maximum Gasteiger partial charge on any atom is 0.123 e. The van der Waals surface area contributed by atoms with Crippen LogP contribution in [0.5, 0.6) is 5.75 Å². The van der Waals surface area contributed by atoms with Gasteiger partial charge in [0.1, 0.15) is 5.75 Å². The maximum absolute atomic E-state index is 5.55. The molecule has 0 radical (unpaired) electrons. The lowest BCUT2D eigenvalue weighted by molar-refractivity contribution is 0.392. The molecular formula is C15H22BrNO. The lowest BCUT2D eigenvalue weighted by Crippen LogP contribution is -2.22. The first-order chi connectivity index (χ1) is 8.65. The summed E-state index contributed by atoms with van der Waals surface area (Å²) in [6.45, 7) is 5.25. The molecule has 1 aliphatic rings. The van der Waals surface area contributed by atoms with Gasteiger partial charge in [-0.2, -0.15) is 0 Å². The van der Waals surface area contributed by atoms with E-state index in [0.29, 0.717) is 6.04 Å². The standard InChI is InChI=1S/C15H22BrNO/c1-4-17-14(8-11-5-6-11)12-9-13(16)10(2)7-15(12)18-3/h7,9,11,14,17H,4-6,8H2,1-3H3. The van der Waals surface area contributed by atoms with Crippen LogP contribution in [-0.4, -0.2) is 13.7 Å². The Bertz CT molecular complexity index is 415. The van der Waals surface area contributed by atoms with Crippen LogP contribution in [0.25, 0.3) is 0 Å². The van der Waals surface area contributed by atoms with Crippen molar-refractivity contribution in [3.63, 3.8) is 0 Å². The molecule has 3 heteroatoms. The summed E-state index contributed by atoms with van der Waals surface area (Å²) in [5, 5.41) is 3.59. The Hall–Kier alpha value is -0.540. The quantitative estimate of drug-likeness (QED) is 0.849. The van der Waals surface area contributed by atoms with Gasteiger partial charge in [-0.25, -0.2) is 0 Å². The summed E-state index contributed by atoms with van der Waals surface area (Å²) in [6, 6.07) is 4.75. The Balaban J connectivity index is 2.28. The Kier molecular flexibility index (Phi) is 4.68. The lowest BCUT2D eigenvalue weighted by Gasteiger charge is -2.21. The Morgan fingerprint density at radius 2 is 2.17 bits per heavy atom. The van der Waals surface area contributed by atoms with Gasteiger partial charge < -0.3 is 10.1 Å². The fraction of sp³-hybridized carbons (Fsp3) is 0.600. The summed E-state index contributed by atoms with van der Waals surface area (Å²) in [5.41, 5.74) is 2.50. The van der Waals surface area contributed by atoms with Crippen molar-refractivity contribution in [1.29, 1.82) is 0 Å². The number of methoxy groups -OCH3 is 1. The second-order valence-corrected chi connectivity index (χ2v) is 5.99. The number of hydrogen-bond donors (Lipinski definition) is 1. The van der Waals surface area contributed by atoms with Gasteiger partial charge in [-0.1, -0.05) is 35.7 Å². The lowest BCUT2D eigenvalue weighted by atomic mass is 9.98. The van der Waals surface area contributed by atoms with Crippen LogP contribution in [0.15, 0.2) is 16.6 Å². The number of ether oxygens (including phenoxy) is 1. The van der Waals surface area contributed by atoms with Crippen LogP contribution in [-0.2, 0) is 0 Å². The highest BCUT2D eigenvalue weighted by Gasteiger charge is 2.27. The summed E-state index contributed by atoms with van der Waals surface area (Å²) in [6.07, 6.45) is 3.99. The van der Waals surface area contributed by atoms with Crippen molar-refractivity contribution in [3.8, 4) is 5.75 Å². The number of rotatable bonds is 6. The number of nitrogens with one attached hydrogen (secondary N) is 1. The van der Waals surface area contributed by atoms with Crippen LogP contribution in [0, 0.1) is 12.8 Å². The van der Waals surface area contributed by atoms with Crippen molar-refractivity contribution in [2.75, 3.05) is 13.7 Å². The fourth-order valence-electron chi connectivity index (χ4n) is 2.37. The van der Waals surface area contributed by atoms with E-state index in [-0.39, 0.29) is 0 Å². The zero-order valence-electron chi connectivity index (χ0n) is 11.4. The highest BCUT2D eigenvalue weighted by molar-refractivity contribution is 9.10. The molecule has 0 bridgehead atoms. The van der Waals surface area contributed by atoms with E-state index in [1.807, 2.05) is 0 Å². The molecule has 0 amide bonds. The molecule has 100 valence electrons.